The molecule has 2 rings (SSSR count). The first-order valence-corrected chi connectivity index (χ1v) is 5.22. The molecule has 1 N–H and O–H groups in total. The number of anilines is 1. The van der Waals surface area contributed by atoms with Gasteiger partial charge < -0.3 is 5.32 Å². The molecule has 1 saturated carbocycles. The summed E-state index contributed by atoms with van der Waals surface area (Å²) in [6.07, 6.45) is -0.657. The lowest BCUT2D eigenvalue weighted by Crippen LogP contribution is -2.42. The van der Waals surface area contributed by atoms with E-state index >= 15 is 0 Å². The van der Waals surface area contributed by atoms with Gasteiger partial charge in [-0.2, -0.15) is 0 Å². The zero-order chi connectivity index (χ0) is 11.8. The highest BCUT2D eigenvalue weighted by molar-refractivity contribution is 5.93. The Morgan fingerprint density at radius 1 is 1.44 bits per heavy atom. The predicted molar refractivity (Wildman–Crippen MR) is 57.5 cm³/mol. The Bertz CT molecular complexity index is 409. The van der Waals surface area contributed by atoms with Crippen LogP contribution in [0.1, 0.15) is 18.4 Å². The number of carbonyl (C=O) groups is 1. The molecule has 0 spiro atoms. The molecule has 0 aliphatic heterocycles. The average molecular weight is 225 g/mol. The Labute approximate surface area is 92.7 Å². The number of carbonyl (C=O) groups excluding carboxylic acids is 1. The summed E-state index contributed by atoms with van der Waals surface area (Å²) in [5, 5.41) is 2.65. The largest absolute Gasteiger partial charge is 0.326 e. The van der Waals surface area contributed by atoms with Crippen LogP contribution < -0.4 is 5.32 Å². The van der Waals surface area contributed by atoms with Crippen molar-refractivity contribution in [2.24, 2.45) is 5.92 Å². The number of benzene rings is 1. The number of amides is 1. The van der Waals surface area contributed by atoms with Gasteiger partial charge in [0.1, 0.15) is 0 Å². The summed E-state index contributed by atoms with van der Waals surface area (Å²) in [6.45, 7) is 1.91. The number of hydrogen-bond donors (Lipinski definition) is 1. The Balaban J connectivity index is 1.94. The highest BCUT2D eigenvalue weighted by Gasteiger charge is 2.48. The smallest absolute Gasteiger partial charge is 0.249 e. The summed E-state index contributed by atoms with van der Waals surface area (Å²) < 4.78 is 25.1. The van der Waals surface area contributed by atoms with Gasteiger partial charge in [-0.15, -0.1) is 0 Å². The van der Waals surface area contributed by atoms with Gasteiger partial charge >= 0.3 is 0 Å². The van der Waals surface area contributed by atoms with Crippen LogP contribution >= 0.6 is 0 Å². The monoisotopic (exact) mass is 225 g/mol. The molecule has 86 valence electrons. The predicted octanol–water partition coefficient (Wildman–Crippen LogP) is 2.98. The SMILES string of the molecule is Cc1cccc(NC(=O)C2CC(F)(F)C2)c1. The van der Waals surface area contributed by atoms with Gasteiger partial charge in [0, 0.05) is 24.4 Å². The number of rotatable bonds is 2. The van der Waals surface area contributed by atoms with Gasteiger partial charge in [-0.3, -0.25) is 4.79 Å². The minimum Gasteiger partial charge on any atom is -0.326 e. The molecule has 0 bridgehead atoms. The molecular formula is C12H13F2NO. The summed E-state index contributed by atoms with van der Waals surface area (Å²) in [5.41, 5.74) is 1.69. The Hall–Kier alpha value is -1.45. The van der Waals surface area contributed by atoms with E-state index in [-0.39, 0.29) is 18.7 Å². The van der Waals surface area contributed by atoms with Crippen molar-refractivity contribution >= 4 is 11.6 Å². The van der Waals surface area contributed by atoms with Gasteiger partial charge in [0.2, 0.25) is 11.8 Å². The first-order valence-electron chi connectivity index (χ1n) is 5.22. The first-order chi connectivity index (χ1) is 7.46. The van der Waals surface area contributed by atoms with Crippen molar-refractivity contribution in [2.45, 2.75) is 25.7 Å². The van der Waals surface area contributed by atoms with Crippen LogP contribution in [-0.2, 0) is 4.79 Å². The molecule has 1 aromatic carbocycles. The van der Waals surface area contributed by atoms with E-state index in [4.69, 9.17) is 0 Å². The number of alkyl halides is 2. The lowest BCUT2D eigenvalue weighted by atomic mass is 9.81. The van der Waals surface area contributed by atoms with E-state index in [0.29, 0.717) is 5.69 Å². The first kappa shape index (κ1) is 11.0. The quantitative estimate of drug-likeness (QED) is 0.823. The van der Waals surface area contributed by atoms with E-state index in [1.807, 2.05) is 25.1 Å². The minimum absolute atomic E-state index is 0.309. The Morgan fingerprint density at radius 2 is 2.12 bits per heavy atom. The summed E-state index contributed by atoms with van der Waals surface area (Å²) in [7, 11) is 0. The number of halogens is 2. The second kappa shape index (κ2) is 3.85. The van der Waals surface area contributed by atoms with Crippen LogP contribution in [0.4, 0.5) is 14.5 Å². The van der Waals surface area contributed by atoms with Crippen molar-refractivity contribution in [3.63, 3.8) is 0 Å². The van der Waals surface area contributed by atoms with Gasteiger partial charge in [0.25, 0.3) is 0 Å². The summed E-state index contributed by atoms with van der Waals surface area (Å²) >= 11 is 0. The summed E-state index contributed by atoms with van der Waals surface area (Å²) in [5.74, 6) is -3.50. The second-order valence-electron chi connectivity index (χ2n) is 4.32. The molecule has 2 nitrogen and oxygen atoms in total. The van der Waals surface area contributed by atoms with Gasteiger partial charge in [0.05, 0.1) is 0 Å². The number of aryl methyl sites for hydroxylation is 1. The highest BCUT2D eigenvalue weighted by Crippen LogP contribution is 2.42. The molecule has 0 aromatic heterocycles. The van der Waals surface area contributed by atoms with Crippen LogP contribution in [0.15, 0.2) is 24.3 Å². The van der Waals surface area contributed by atoms with E-state index in [9.17, 15) is 13.6 Å². The van der Waals surface area contributed by atoms with Crippen LogP contribution in [0.25, 0.3) is 0 Å². The summed E-state index contributed by atoms with van der Waals surface area (Å²) in [4.78, 5) is 11.5. The molecule has 0 unspecified atom stereocenters. The number of hydrogen-bond acceptors (Lipinski definition) is 1. The van der Waals surface area contributed by atoms with Crippen LogP contribution in [-0.4, -0.2) is 11.8 Å². The standard InChI is InChI=1S/C12H13F2NO/c1-8-3-2-4-10(5-8)15-11(16)9-6-12(13,14)7-9/h2-5,9H,6-7H2,1H3,(H,15,16). The van der Waals surface area contributed by atoms with Crippen molar-refractivity contribution < 1.29 is 13.6 Å². The molecule has 1 aliphatic rings. The maximum Gasteiger partial charge on any atom is 0.249 e. The van der Waals surface area contributed by atoms with Gasteiger partial charge in [-0.1, -0.05) is 12.1 Å². The molecule has 0 saturated heterocycles. The molecule has 0 radical (unpaired) electrons. The fourth-order valence-electron chi connectivity index (χ4n) is 1.81. The lowest BCUT2D eigenvalue weighted by molar-refractivity contribution is -0.145. The van der Waals surface area contributed by atoms with Crippen molar-refractivity contribution in [3.8, 4) is 0 Å². The van der Waals surface area contributed by atoms with Crippen molar-refractivity contribution in [2.75, 3.05) is 5.32 Å². The van der Waals surface area contributed by atoms with E-state index in [1.165, 1.54) is 0 Å². The van der Waals surface area contributed by atoms with Crippen molar-refractivity contribution in [1.82, 2.24) is 0 Å². The topological polar surface area (TPSA) is 29.1 Å². The molecular weight excluding hydrogens is 212 g/mol. The van der Waals surface area contributed by atoms with E-state index in [0.717, 1.165) is 5.56 Å². The molecule has 1 aromatic rings. The zero-order valence-corrected chi connectivity index (χ0v) is 8.97. The maximum absolute atomic E-state index is 12.6. The van der Waals surface area contributed by atoms with Gasteiger partial charge in [-0.05, 0) is 24.6 Å². The third-order valence-corrected chi connectivity index (χ3v) is 2.75. The molecule has 16 heavy (non-hydrogen) atoms. The summed E-state index contributed by atoms with van der Waals surface area (Å²) in [6, 6.07) is 7.30. The van der Waals surface area contributed by atoms with Crippen LogP contribution in [0.3, 0.4) is 0 Å². The minimum atomic E-state index is -2.64. The highest BCUT2D eigenvalue weighted by atomic mass is 19.3. The third-order valence-electron chi connectivity index (χ3n) is 2.75. The van der Waals surface area contributed by atoms with E-state index in [2.05, 4.69) is 5.32 Å². The molecule has 1 aliphatic carbocycles. The Kier molecular flexibility index (Phi) is 2.66. The number of nitrogens with one attached hydrogen (secondary N) is 1. The second-order valence-corrected chi connectivity index (χ2v) is 4.32. The molecule has 0 heterocycles. The van der Waals surface area contributed by atoms with Crippen LogP contribution in [0.2, 0.25) is 0 Å². The van der Waals surface area contributed by atoms with Crippen LogP contribution in [0, 0.1) is 12.8 Å². The molecule has 0 atom stereocenters. The normalized spacial score (nSPS) is 18.9. The van der Waals surface area contributed by atoms with Crippen LogP contribution in [0.5, 0.6) is 0 Å². The average Bonchev–Trinajstić information content (AvgIpc) is 2.13. The van der Waals surface area contributed by atoms with Gasteiger partial charge in [-0.25, -0.2) is 8.78 Å². The van der Waals surface area contributed by atoms with Gasteiger partial charge in [0.15, 0.2) is 0 Å². The van der Waals surface area contributed by atoms with E-state index < -0.39 is 11.8 Å². The van der Waals surface area contributed by atoms with Crippen molar-refractivity contribution in [1.29, 1.82) is 0 Å². The fraction of sp³-hybridized carbons (Fsp3) is 0.417. The maximum atomic E-state index is 12.6. The Morgan fingerprint density at radius 3 is 2.69 bits per heavy atom. The molecule has 1 amide bonds. The fourth-order valence-corrected chi connectivity index (χ4v) is 1.81. The third kappa shape index (κ3) is 2.38. The van der Waals surface area contributed by atoms with E-state index in [1.54, 1.807) is 6.07 Å². The molecule has 1 fully saturated rings. The molecule has 4 heteroatoms. The lowest BCUT2D eigenvalue weighted by Gasteiger charge is -2.33. The zero-order valence-electron chi connectivity index (χ0n) is 8.97. The van der Waals surface area contributed by atoms with Crippen molar-refractivity contribution in [3.05, 3.63) is 29.8 Å².